The van der Waals surface area contributed by atoms with Crippen molar-refractivity contribution >= 4 is 17.9 Å². The summed E-state index contributed by atoms with van der Waals surface area (Å²) in [6, 6.07) is 20.4. The lowest BCUT2D eigenvalue weighted by Gasteiger charge is -2.24. The highest BCUT2D eigenvalue weighted by molar-refractivity contribution is 7.99. The van der Waals surface area contributed by atoms with Crippen molar-refractivity contribution < 1.29 is 14.4 Å². The Morgan fingerprint density at radius 2 is 1.72 bits per heavy atom. The molecular weight excluding hydrogens is 384 g/mol. The van der Waals surface area contributed by atoms with Gasteiger partial charge in [-0.05, 0) is 38.5 Å². The molecule has 5 nitrogen and oxygen atoms in total. The molecule has 1 N–H and O–H groups in total. The molecule has 29 heavy (non-hydrogen) atoms. The molecule has 1 amide bonds. The molecule has 2 aromatic carbocycles. The molecule has 2 aromatic rings. The van der Waals surface area contributed by atoms with Crippen molar-refractivity contribution in [2.45, 2.75) is 43.9 Å². The summed E-state index contributed by atoms with van der Waals surface area (Å²) in [5, 5.41) is 0. The SMILES string of the molecule is CC(C)(C)OC(=O)N1CC(CSc2ccccc2)C(NOCc2ccccc2)C1. The maximum atomic E-state index is 12.5. The van der Waals surface area contributed by atoms with Crippen molar-refractivity contribution in [2.75, 3.05) is 18.8 Å². The summed E-state index contributed by atoms with van der Waals surface area (Å²) in [5.41, 5.74) is 3.81. The van der Waals surface area contributed by atoms with Gasteiger partial charge >= 0.3 is 6.09 Å². The number of nitrogens with one attached hydrogen (secondary N) is 1. The number of hydroxylamine groups is 1. The van der Waals surface area contributed by atoms with Crippen LogP contribution < -0.4 is 5.48 Å². The monoisotopic (exact) mass is 414 g/mol. The van der Waals surface area contributed by atoms with Gasteiger partial charge in [0.2, 0.25) is 0 Å². The first-order valence-electron chi connectivity index (χ1n) is 9.98. The molecule has 156 valence electrons. The van der Waals surface area contributed by atoms with Crippen LogP contribution in [-0.4, -0.2) is 41.5 Å². The minimum absolute atomic E-state index is 0.0578. The summed E-state index contributed by atoms with van der Waals surface area (Å²) < 4.78 is 5.57. The molecule has 1 aliphatic rings. The van der Waals surface area contributed by atoms with Crippen molar-refractivity contribution in [1.82, 2.24) is 10.4 Å². The molecule has 2 atom stereocenters. The Hall–Kier alpha value is -2.02. The summed E-state index contributed by atoms with van der Waals surface area (Å²) in [5.74, 6) is 1.17. The van der Waals surface area contributed by atoms with Gasteiger partial charge in [-0.3, -0.25) is 4.84 Å². The Balaban J connectivity index is 1.58. The quantitative estimate of drug-likeness (QED) is 0.524. The molecule has 0 aromatic heterocycles. The van der Waals surface area contributed by atoms with E-state index in [1.807, 2.05) is 69.3 Å². The zero-order chi connectivity index (χ0) is 20.7. The predicted molar refractivity (Wildman–Crippen MR) is 117 cm³/mol. The third-order valence-corrected chi connectivity index (χ3v) is 5.82. The number of carbonyl (C=O) groups is 1. The largest absolute Gasteiger partial charge is 0.444 e. The van der Waals surface area contributed by atoms with Gasteiger partial charge in [0.05, 0.1) is 12.6 Å². The average Bonchev–Trinajstić information content (AvgIpc) is 3.10. The van der Waals surface area contributed by atoms with Gasteiger partial charge in [-0.25, -0.2) is 4.79 Å². The molecule has 0 radical (unpaired) electrons. The van der Waals surface area contributed by atoms with E-state index in [-0.39, 0.29) is 18.1 Å². The van der Waals surface area contributed by atoms with Crippen LogP contribution >= 0.6 is 11.8 Å². The maximum absolute atomic E-state index is 12.5. The zero-order valence-electron chi connectivity index (χ0n) is 17.3. The van der Waals surface area contributed by atoms with E-state index in [1.165, 1.54) is 4.90 Å². The van der Waals surface area contributed by atoms with E-state index in [0.717, 1.165) is 11.3 Å². The Morgan fingerprint density at radius 1 is 1.07 bits per heavy atom. The number of thioether (sulfide) groups is 1. The van der Waals surface area contributed by atoms with Crippen molar-refractivity contribution in [3.63, 3.8) is 0 Å². The van der Waals surface area contributed by atoms with Gasteiger partial charge in [-0.1, -0.05) is 48.5 Å². The number of benzene rings is 2. The molecule has 1 saturated heterocycles. The third-order valence-electron chi connectivity index (χ3n) is 4.62. The second kappa shape index (κ2) is 10.1. The molecule has 3 rings (SSSR count). The molecule has 1 heterocycles. The topological polar surface area (TPSA) is 50.8 Å². The molecule has 6 heteroatoms. The third kappa shape index (κ3) is 7.07. The Bertz CT molecular complexity index is 765. The van der Waals surface area contributed by atoms with Crippen molar-refractivity contribution in [3.8, 4) is 0 Å². The fraction of sp³-hybridized carbons (Fsp3) is 0.435. The van der Waals surface area contributed by atoms with Gasteiger partial charge in [0.25, 0.3) is 0 Å². The maximum Gasteiger partial charge on any atom is 0.410 e. The number of rotatable bonds is 7. The number of likely N-dealkylation sites (tertiary alicyclic amines) is 1. The van der Waals surface area contributed by atoms with Gasteiger partial charge < -0.3 is 9.64 Å². The first kappa shape index (κ1) is 21.7. The molecule has 0 saturated carbocycles. The predicted octanol–water partition coefficient (Wildman–Crippen LogP) is 4.74. The molecule has 0 bridgehead atoms. The van der Waals surface area contributed by atoms with Gasteiger partial charge in [-0.15, -0.1) is 11.8 Å². The number of hydrogen-bond acceptors (Lipinski definition) is 5. The highest BCUT2D eigenvalue weighted by Gasteiger charge is 2.37. The first-order valence-corrected chi connectivity index (χ1v) is 11.0. The molecule has 2 unspecified atom stereocenters. The van der Waals surface area contributed by atoms with E-state index in [4.69, 9.17) is 9.57 Å². The second-order valence-electron chi connectivity index (χ2n) is 8.27. The smallest absolute Gasteiger partial charge is 0.410 e. The molecular formula is C23H30N2O3S. The summed E-state index contributed by atoms with van der Waals surface area (Å²) in [6.07, 6.45) is -0.264. The van der Waals surface area contributed by atoms with E-state index in [0.29, 0.717) is 19.7 Å². The minimum Gasteiger partial charge on any atom is -0.444 e. The Morgan fingerprint density at radius 3 is 2.38 bits per heavy atom. The van der Waals surface area contributed by atoms with Crippen LogP contribution in [0.25, 0.3) is 0 Å². The Kier molecular flexibility index (Phi) is 7.58. The minimum atomic E-state index is -0.499. The van der Waals surface area contributed by atoms with E-state index >= 15 is 0 Å². The van der Waals surface area contributed by atoms with Gasteiger partial charge in [-0.2, -0.15) is 5.48 Å². The normalized spacial score (nSPS) is 19.3. The van der Waals surface area contributed by atoms with E-state index in [1.54, 1.807) is 16.7 Å². The van der Waals surface area contributed by atoms with Gasteiger partial charge in [0, 0.05) is 29.7 Å². The van der Waals surface area contributed by atoms with Gasteiger partial charge in [0.1, 0.15) is 5.60 Å². The van der Waals surface area contributed by atoms with Crippen molar-refractivity contribution in [2.24, 2.45) is 5.92 Å². The Labute approximate surface area is 177 Å². The standard InChI is InChI=1S/C23H30N2O3S/c1-23(2,3)28-22(26)25-14-19(17-29-20-12-8-5-9-13-20)21(15-25)24-27-16-18-10-6-4-7-11-18/h4-13,19,21,24H,14-17H2,1-3H3. The lowest BCUT2D eigenvalue weighted by Crippen LogP contribution is -2.39. The fourth-order valence-electron chi connectivity index (χ4n) is 3.18. The summed E-state index contributed by atoms with van der Waals surface area (Å²) in [6.45, 7) is 7.39. The van der Waals surface area contributed by atoms with Crippen LogP contribution in [0.5, 0.6) is 0 Å². The molecule has 1 fully saturated rings. The second-order valence-corrected chi connectivity index (χ2v) is 9.36. The summed E-state index contributed by atoms with van der Waals surface area (Å²) in [7, 11) is 0. The van der Waals surface area contributed by atoms with Crippen molar-refractivity contribution in [3.05, 3.63) is 66.2 Å². The average molecular weight is 415 g/mol. The fourth-order valence-corrected chi connectivity index (χ4v) is 4.27. The lowest BCUT2D eigenvalue weighted by atomic mass is 10.1. The molecule has 0 aliphatic carbocycles. The van der Waals surface area contributed by atoms with Gasteiger partial charge in [0.15, 0.2) is 0 Å². The number of ether oxygens (including phenoxy) is 1. The zero-order valence-corrected chi connectivity index (χ0v) is 18.2. The number of amides is 1. The summed E-state index contributed by atoms with van der Waals surface area (Å²) >= 11 is 1.80. The van der Waals surface area contributed by atoms with Crippen LogP contribution in [0.15, 0.2) is 65.6 Å². The van der Waals surface area contributed by atoms with Crippen LogP contribution in [-0.2, 0) is 16.2 Å². The number of carbonyl (C=O) groups excluding carboxylic acids is 1. The summed E-state index contributed by atoms with van der Waals surface area (Å²) in [4.78, 5) is 21.3. The molecule has 1 aliphatic heterocycles. The van der Waals surface area contributed by atoms with Crippen molar-refractivity contribution in [1.29, 1.82) is 0 Å². The first-order chi connectivity index (χ1) is 13.9. The van der Waals surface area contributed by atoms with Crippen LogP contribution in [0.2, 0.25) is 0 Å². The number of hydrogen-bond donors (Lipinski definition) is 1. The van der Waals surface area contributed by atoms with E-state index in [2.05, 4.69) is 17.6 Å². The van der Waals surface area contributed by atoms with E-state index < -0.39 is 5.60 Å². The van der Waals surface area contributed by atoms with Crippen LogP contribution in [0.3, 0.4) is 0 Å². The van der Waals surface area contributed by atoms with Crippen LogP contribution in [0.4, 0.5) is 4.79 Å². The van der Waals surface area contributed by atoms with Crippen LogP contribution in [0, 0.1) is 5.92 Å². The highest BCUT2D eigenvalue weighted by atomic mass is 32.2. The molecule has 0 spiro atoms. The highest BCUT2D eigenvalue weighted by Crippen LogP contribution is 2.27. The number of nitrogens with zero attached hydrogens (tertiary/aromatic N) is 1. The van der Waals surface area contributed by atoms with Crippen LogP contribution in [0.1, 0.15) is 26.3 Å². The lowest BCUT2D eigenvalue weighted by molar-refractivity contribution is -0.00266. The van der Waals surface area contributed by atoms with E-state index in [9.17, 15) is 4.79 Å².